The zero-order valence-corrected chi connectivity index (χ0v) is 21.0. The Kier molecular flexibility index (Phi) is 7.27. The third kappa shape index (κ3) is 5.53. The van der Waals surface area contributed by atoms with Gasteiger partial charge in [0.1, 0.15) is 5.56 Å². The van der Waals surface area contributed by atoms with Gasteiger partial charge in [-0.15, -0.1) is 0 Å². The van der Waals surface area contributed by atoms with Crippen LogP contribution in [0.1, 0.15) is 27.2 Å². The fourth-order valence-corrected chi connectivity index (χ4v) is 4.93. The van der Waals surface area contributed by atoms with Gasteiger partial charge in [-0.1, -0.05) is 23.7 Å². The molecule has 192 valence electrons. The van der Waals surface area contributed by atoms with Gasteiger partial charge in [0, 0.05) is 66.8 Å². The van der Waals surface area contributed by atoms with Crippen LogP contribution >= 0.6 is 11.6 Å². The number of morpholine rings is 1. The van der Waals surface area contributed by atoms with Crippen molar-refractivity contribution < 1.29 is 14.3 Å². The van der Waals surface area contributed by atoms with E-state index in [2.05, 4.69) is 21.6 Å². The summed E-state index contributed by atoms with van der Waals surface area (Å²) < 4.78 is 7.34. The third-order valence-electron chi connectivity index (χ3n) is 6.62. The summed E-state index contributed by atoms with van der Waals surface area (Å²) >= 11 is 5.95. The molecule has 0 unspecified atom stereocenters. The number of nitrogens with two attached hydrogens (primary N) is 1. The minimum Gasteiger partial charge on any atom is -0.379 e. The van der Waals surface area contributed by atoms with Gasteiger partial charge in [-0.3, -0.25) is 14.5 Å². The van der Waals surface area contributed by atoms with Gasteiger partial charge < -0.3 is 25.5 Å². The molecule has 2 aromatic carbocycles. The number of carbonyl (C=O) groups excluding carboxylic acids is 2. The topological polar surface area (TPSA) is 118 Å². The number of aromatic nitrogens is 1. The monoisotopic (exact) mass is 521 g/mol. The van der Waals surface area contributed by atoms with Crippen molar-refractivity contribution in [3.8, 4) is 0 Å². The summed E-state index contributed by atoms with van der Waals surface area (Å²) in [5.41, 5.74) is 8.48. The molecule has 37 heavy (non-hydrogen) atoms. The first-order valence-electron chi connectivity index (χ1n) is 12.2. The second-order valence-electron chi connectivity index (χ2n) is 9.20. The summed E-state index contributed by atoms with van der Waals surface area (Å²) in [6.45, 7) is 4.30. The number of primary amides is 1. The van der Waals surface area contributed by atoms with Gasteiger partial charge in [0.2, 0.25) is 5.43 Å². The van der Waals surface area contributed by atoms with Crippen LogP contribution in [0.25, 0.3) is 16.3 Å². The van der Waals surface area contributed by atoms with E-state index in [0.29, 0.717) is 43.1 Å². The highest BCUT2D eigenvalue weighted by atomic mass is 35.5. The molecular formula is C27H28ClN5O4. The predicted octanol–water partition coefficient (Wildman–Crippen LogP) is 2.52. The van der Waals surface area contributed by atoms with Crippen LogP contribution in [0.2, 0.25) is 5.02 Å². The fourth-order valence-electron chi connectivity index (χ4n) is 4.80. The van der Waals surface area contributed by atoms with Gasteiger partial charge >= 0.3 is 6.03 Å². The summed E-state index contributed by atoms with van der Waals surface area (Å²) in [5, 5.41) is 7.48. The molecule has 10 heteroatoms. The summed E-state index contributed by atoms with van der Waals surface area (Å²) in [5.74, 6) is -0.452. The van der Waals surface area contributed by atoms with E-state index in [-0.39, 0.29) is 17.5 Å². The maximum Gasteiger partial charge on any atom is 0.312 e. The molecule has 2 aromatic heterocycles. The predicted molar refractivity (Wildman–Crippen MR) is 142 cm³/mol. The maximum atomic E-state index is 13.6. The minimum absolute atomic E-state index is 0.0617. The lowest BCUT2D eigenvalue weighted by molar-refractivity contribution is 0.0342. The van der Waals surface area contributed by atoms with Crippen molar-refractivity contribution in [2.75, 3.05) is 32.8 Å². The number of hydrogen-bond acceptors (Lipinski definition) is 5. The molecule has 1 aliphatic heterocycles. The van der Waals surface area contributed by atoms with Crippen LogP contribution in [0.15, 0.2) is 53.5 Å². The summed E-state index contributed by atoms with van der Waals surface area (Å²) in [7, 11) is 0. The molecule has 0 saturated carbocycles. The Hall–Kier alpha value is -3.66. The first kappa shape index (κ1) is 25.0. The second-order valence-corrected chi connectivity index (χ2v) is 9.63. The van der Waals surface area contributed by atoms with Crippen molar-refractivity contribution in [3.63, 3.8) is 0 Å². The van der Waals surface area contributed by atoms with Gasteiger partial charge in [-0.25, -0.2) is 4.79 Å². The number of pyridine rings is 1. The molecule has 0 atom stereocenters. The van der Waals surface area contributed by atoms with E-state index >= 15 is 0 Å². The van der Waals surface area contributed by atoms with E-state index in [1.807, 2.05) is 28.7 Å². The van der Waals surface area contributed by atoms with Crippen molar-refractivity contribution >= 4 is 39.8 Å². The number of halogens is 1. The molecule has 5 rings (SSSR count). The Labute approximate surface area is 218 Å². The lowest BCUT2D eigenvalue weighted by atomic mass is 10.0. The number of benzene rings is 2. The molecule has 4 N–H and O–H groups in total. The number of ether oxygens (including phenoxy) is 1. The zero-order chi connectivity index (χ0) is 25.9. The highest BCUT2D eigenvalue weighted by Crippen LogP contribution is 2.27. The van der Waals surface area contributed by atoms with Crippen LogP contribution in [0, 0.1) is 0 Å². The van der Waals surface area contributed by atoms with Crippen molar-refractivity contribution in [2.24, 2.45) is 5.73 Å². The van der Waals surface area contributed by atoms with Crippen molar-refractivity contribution in [3.05, 3.63) is 86.3 Å². The Morgan fingerprint density at radius 3 is 2.51 bits per heavy atom. The van der Waals surface area contributed by atoms with E-state index in [9.17, 15) is 14.4 Å². The molecule has 0 radical (unpaired) electrons. The Bertz CT molecular complexity index is 1500. The Balaban J connectivity index is 1.52. The Morgan fingerprint density at radius 1 is 1.03 bits per heavy atom. The van der Waals surface area contributed by atoms with Crippen molar-refractivity contribution in [1.29, 1.82) is 0 Å². The zero-order valence-electron chi connectivity index (χ0n) is 20.3. The average molecular weight is 522 g/mol. The van der Waals surface area contributed by atoms with Crippen molar-refractivity contribution in [2.45, 2.75) is 19.5 Å². The SMILES string of the molecule is NC(=O)NCCc1cc2cc(CN3CCOCC3)cc3c(=O)c(C(=O)NCc4ccc(Cl)cc4)cn1c23. The van der Waals surface area contributed by atoms with E-state index in [1.54, 1.807) is 18.3 Å². The fraction of sp³-hybridized carbons (Fsp3) is 0.296. The third-order valence-corrected chi connectivity index (χ3v) is 6.87. The highest BCUT2D eigenvalue weighted by Gasteiger charge is 2.20. The first-order valence-corrected chi connectivity index (χ1v) is 12.6. The molecule has 0 spiro atoms. The van der Waals surface area contributed by atoms with Crippen LogP contribution in [0.5, 0.6) is 0 Å². The van der Waals surface area contributed by atoms with E-state index in [1.165, 1.54) is 0 Å². The molecular weight excluding hydrogens is 494 g/mol. The average Bonchev–Trinajstić information content (AvgIpc) is 3.23. The van der Waals surface area contributed by atoms with E-state index in [0.717, 1.165) is 40.8 Å². The minimum atomic E-state index is -0.601. The number of carbonyl (C=O) groups is 2. The van der Waals surface area contributed by atoms with Crippen molar-refractivity contribution in [1.82, 2.24) is 19.9 Å². The first-order chi connectivity index (χ1) is 17.9. The Morgan fingerprint density at radius 2 is 1.78 bits per heavy atom. The smallest absolute Gasteiger partial charge is 0.312 e. The van der Waals surface area contributed by atoms with Crippen LogP contribution in [-0.4, -0.2) is 54.1 Å². The van der Waals surface area contributed by atoms with Gasteiger partial charge in [0.05, 0.1) is 18.7 Å². The molecule has 1 aliphatic rings. The molecule has 1 fully saturated rings. The van der Waals surface area contributed by atoms with Gasteiger partial charge in [0.25, 0.3) is 5.91 Å². The lowest BCUT2D eigenvalue weighted by Gasteiger charge is -2.26. The van der Waals surface area contributed by atoms with Crippen LogP contribution in [0.4, 0.5) is 4.79 Å². The number of hydrogen-bond donors (Lipinski definition) is 3. The molecule has 1 saturated heterocycles. The van der Waals surface area contributed by atoms with Gasteiger partial charge in [-0.2, -0.15) is 0 Å². The molecule has 3 heterocycles. The summed E-state index contributed by atoms with van der Waals surface area (Å²) in [6.07, 6.45) is 2.08. The van der Waals surface area contributed by atoms with Gasteiger partial charge in [-0.05, 0) is 41.5 Å². The second kappa shape index (κ2) is 10.8. The number of urea groups is 1. The molecule has 0 aliphatic carbocycles. The standard InChI is InChI=1S/C27H28ClN5O4/c28-20-3-1-17(2-4-20)14-31-26(35)23-16-33-21(5-6-30-27(29)36)13-19-11-18(12-22(24(19)33)25(23)34)15-32-7-9-37-10-8-32/h1-4,11-13,16H,5-10,14-15H2,(H,31,35)(H3,29,30,36). The molecule has 4 aromatic rings. The molecule has 9 nitrogen and oxygen atoms in total. The lowest BCUT2D eigenvalue weighted by Crippen LogP contribution is -2.35. The van der Waals surface area contributed by atoms with E-state index < -0.39 is 11.9 Å². The normalized spacial score (nSPS) is 14.3. The quantitative estimate of drug-likeness (QED) is 0.329. The van der Waals surface area contributed by atoms with Crippen LogP contribution in [0.3, 0.4) is 0 Å². The largest absolute Gasteiger partial charge is 0.379 e. The maximum absolute atomic E-state index is 13.6. The summed E-state index contributed by atoms with van der Waals surface area (Å²) in [4.78, 5) is 40.2. The van der Waals surface area contributed by atoms with Gasteiger partial charge in [0.15, 0.2) is 0 Å². The highest BCUT2D eigenvalue weighted by molar-refractivity contribution is 6.30. The van der Waals surface area contributed by atoms with Crippen LogP contribution < -0.4 is 21.8 Å². The number of nitrogens with one attached hydrogen (secondary N) is 2. The summed E-state index contributed by atoms with van der Waals surface area (Å²) in [6, 6.07) is 12.5. The van der Waals surface area contributed by atoms with E-state index in [4.69, 9.17) is 22.1 Å². The molecule has 0 bridgehead atoms. The van der Waals surface area contributed by atoms with Crippen LogP contribution in [-0.2, 0) is 24.2 Å². The molecule has 3 amide bonds. The number of rotatable bonds is 8. The number of nitrogens with zero attached hydrogens (tertiary/aromatic N) is 2. The number of amides is 3.